The molecule has 3 heteroatoms. The molecular formula is C46H29NOS. The molecule has 2 heterocycles. The molecule has 0 radical (unpaired) electrons. The Labute approximate surface area is 287 Å². The number of fused-ring (bicyclic) bond motifs is 7. The van der Waals surface area contributed by atoms with Gasteiger partial charge in [0.05, 0.1) is 5.69 Å². The molecule has 0 N–H and O–H groups in total. The van der Waals surface area contributed by atoms with E-state index in [9.17, 15) is 0 Å². The van der Waals surface area contributed by atoms with Crippen molar-refractivity contribution in [2.75, 3.05) is 4.90 Å². The predicted molar refractivity (Wildman–Crippen MR) is 210 cm³/mol. The Bertz CT molecular complexity index is 2730. The van der Waals surface area contributed by atoms with Gasteiger partial charge < -0.3 is 9.32 Å². The first kappa shape index (κ1) is 27.9. The molecule has 10 rings (SSSR count). The first-order chi connectivity index (χ1) is 24.3. The lowest BCUT2D eigenvalue weighted by Crippen LogP contribution is -2.11. The molecule has 2 aromatic heterocycles. The molecule has 0 aliphatic rings. The highest BCUT2D eigenvalue weighted by molar-refractivity contribution is 7.25. The summed E-state index contributed by atoms with van der Waals surface area (Å²) in [6.45, 7) is 0. The third kappa shape index (κ3) is 4.62. The van der Waals surface area contributed by atoms with Gasteiger partial charge in [0.1, 0.15) is 11.2 Å². The normalized spacial score (nSPS) is 11.7. The van der Waals surface area contributed by atoms with E-state index < -0.39 is 0 Å². The fraction of sp³-hybridized carbons (Fsp3) is 0. The molecule has 0 aliphatic carbocycles. The summed E-state index contributed by atoms with van der Waals surface area (Å²) in [5.41, 5.74) is 9.73. The fourth-order valence-electron chi connectivity index (χ4n) is 7.36. The van der Waals surface area contributed by atoms with Crippen LogP contribution in [0.4, 0.5) is 17.1 Å². The quantitative estimate of drug-likeness (QED) is 0.186. The fourth-order valence-corrected chi connectivity index (χ4v) is 8.50. The molecule has 230 valence electrons. The number of hydrogen-bond donors (Lipinski definition) is 0. The van der Waals surface area contributed by atoms with Gasteiger partial charge in [-0.05, 0) is 69.9 Å². The zero-order chi connectivity index (χ0) is 32.3. The summed E-state index contributed by atoms with van der Waals surface area (Å²) >= 11 is 1.85. The van der Waals surface area contributed by atoms with E-state index in [1.807, 2.05) is 23.5 Å². The number of anilines is 3. The molecule has 10 aromatic rings. The number of thiophene rings is 1. The highest BCUT2D eigenvalue weighted by Crippen LogP contribution is 2.46. The van der Waals surface area contributed by atoms with Crippen LogP contribution in [0.3, 0.4) is 0 Å². The molecule has 0 aliphatic heterocycles. The van der Waals surface area contributed by atoms with Crippen molar-refractivity contribution in [3.63, 3.8) is 0 Å². The molecule has 0 saturated heterocycles. The average molecular weight is 644 g/mol. The van der Waals surface area contributed by atoms with Gasteiger partial charge in [0.25, 0.3) is 0 Å². The van der Waals surface area contributed by atoms with Crippen molar-refractivity contribution < 1.29 is 4.42 Å². The Morgan fingerprint density at radius 2 is 1.06 bits per heavy atom. The summed E-state index contributed by atoms with van der Waals surface area (Å²) in [6.07, 6.45) is 0. The van der Waals surface area contributed by atoms with E-state index in [0.717, 1.165) is 44.6 Å². The van der Waals surface area contributed by atoms with Crippen molar-refractivity contribution in [1.29, 1.82) is 0 Å². The van der Waals surface area contributed by atoms with Crippen molar-refractivity contribution >= 4 is 81.3 Å². The lowest BCUT2D eigenvalue weighted by Gasteiger charge is -2.29. The first-order valence-corrected chi connectivity index (χ1v) is 17.4. The van der Waals surface area contributed by atoms with Crippen LogP contribution in [0.25, 0.3) is 75.1 Å². The largest absolute Gasteiger partial charge is 0.456 e. The van der Waals surface area contributed by atoms with E-state index >= 15 is 0 Å². The zero-order valence-electron chi connectivity index (χ0n) is 26.5. The van der Waals surface area contributed by atoms with E-state index in [1.54, 1.807) is 0 Å². The highest BCUT2D eigenvalue weighted by atomic mass is 32.1. The van der Waals surface area contributed by atoms with Gasteiger partial charge in [-0.3, -0.25) is 0 Å². The second kappa shape index (κ2) is 11.2. The zero-order valence-corrected chi connectivity index (χ0v) is 27.3. The SMILES string of the molecule is c1ccc(-c2ccc(-c3cccc4ccccc34)cc2N(c2ccc3c(c2)oc2ccccc23)c2ccc3c(c2)sc2ccccc23)cc1. The van der Waals surface area contributed by atoms with Crippen LogP contribution in [0, 0.1) is 0 Å². The van der Waals surface area contributed by atoms with Crippen LogP contribution >= 0.6 is 11.3 Å². The van der Waals surface area contributed by atoms with Crippen LogP contribution in [0.15, 0.2) is 180 Å². The Kier molecular flexibility index (Phi) is 6.39. The standard InChI is InChI=1S/C46H29NOS/c1-2-11-31(12-3-1)37-24-21-32(36-18-10-14-30-13-4-5-15-35(30)36)27-42(37)47(33-22-25-39-38-16-6-8-19-43(38)48-44(39)28-33)34-23-26-41-40-17-7-9-20-45(40)49-46(41)29-34/h1-29H. The minimum Gasteiger partial charge on any atom is -0.456 e. The van der Waals surface area contributed by atoms with Crippen molar-refractivity contribution in [2.24, 2.45) is 0 Å². The second-order valence-electron chi connectivity index (χ2n) is 12.5. The summed E-state index contributed by atoms with van der Waals surface area (Å²) < 4.78 is 9.02. The summed E-state index contributed by atoms with van der Waals surface area (Å²) in [6, 6.07) is 63.4. The molecular weight excluding hydrogens is 615 g/mol. The van der Waals surface area contributed by atoms with E-state index in [0.29, 0.717) is 0 Å². The predicted octanol–water partition coefficient (Wildman–Crippen LogP) is 13.9. The van der Waals surface area contributed by atoms with E-state index in [4.69, 9.17) is 4.42 Å². The number of furan rings is 1. The molecule has 0 amide bonds. The Hall–Kier alpha value is -6.16. The molecule has 0 bridgehead atoms. The number of hydrogen-bond acceptors (Lipinski definition) is 3. The van der Waals surface area contributed by atoms with Gasteiger partial charge in [-0.15, -0.1) is 11.3 Å². The van der Waals surface area contributed by atoms with Crippen molar-refractivity contribution in [2.45, 2.75) is 0 Å². The summed E-state index contributed by atoms with van der Waals surface area (Å²) in [5, 5.41) is 7.30. The summed E-state index contributed by atoms with van der Waals surface area (Å²) in [7, 11) is 0. The van der Waals surface area contributed by atoms with Gasteiger partial charge in [-0.2, -0.15) is 0 Å². The van der Waals surface area contributed by atoms with Crippen LogP contribution in [0.1, 0.15) is 0 Å². The van der Waals surface area contributed by atoms with E-state index in [2.05, 4.69) is 169 Å². The van der Waals surface area contributed by atoms with Gasteiger partial charge in [0.2, 0.25) is 0 Å². The van der Waals surface area contributed by atoms with Crippen LogP contribution in [0.5, 0.6) is 0 Å². The Morgan fingerprint density at radius 1 is 0.388 bits per heavy atom. The smallest absolute Gasteiger partial charge is 0.137 e. The molecule has 0 unspecified atom stereocenters. The maximum absolute atomic E-state index is 6.46. The van der Waals surface area contributed by atoms with E-state index in [-0.39, 0.29) is 0 Å². The monoisotopic (exact) mass is 643 g/mol. The average Bonchev–Trinajstić information content (AvgIpc) is 3.73. The summed E-state index contributed by atoms with van der Waals surface area (Å²) in [5.74, 6) is 0. The second-order valence-corrected chi connectivity index (χ2v) is 13.6. The minimum atomic E-state index is 0.873. The molecule has 0 atom stereocenters. The van der Waals surface area contributed by atoms with Crippen LogP contribution in [-0.2, 0) is 0 Å². The Morgan fingerprint density at radius 3 is 1.96 bits per heavy atom. The highest BCUT2D eigenvalue weighted by Gasteiger charge is 2.21. The van der Waals surface area contributed by atoms with E-state index in [1.165, 1.54) is 47.6 Å². The first-order valence-electron chi connectivity index (χ1n) is 16.6. The van der Waals surface area contributed by atoms with Gasteiger partial charge in [0, 0.05) is 53.9 Å². The topological polar surface area (TPSA) is 16.4 Å². The molecule has 49 heavy (non-hydrogen) atoms. The summed E-state index contributed by atoms with van der Waals surface area (Å²) in [4.78, 5) is 2.41. The molecule has 8 aromatic carbocycles. The number of rotatable bonds is 5. The third-order valence-corrected chi connectivity index (χ3v) is 10.8. The maximum Gasteiger partial charge on any atom is 0.137 e. The van der Waals surface area contributed by atoms with Crippen LogP contribution < -0.4 is 4.90 Å². The minimum absolute atomic E-state index is 0.873. The molecule has 0 spiro atoms. The lowest BCUT2D eigenvalue weighted by molar-refractivity contribution is 0.669. The van der Waals surface area contributed by atoms with Gasteiger partial charge >= 0.3 is 0 Å². The number of nitrogens with zero attached hydrogens (tertiary/aromatic N) is 1. The van der Waals surface area contributed by atoms with Crippen molar-refractivity contribution in [3.8, 4) is 22.3 Å². The van der Waals surface area contributed by atoms with Gasteiger partial charge in [-0.25, -0.2) is 0 Å². The molecule has 0 fully saturated rings. The lowest BCUT2D eigenvalue weighted by atomic mass is 9.94. The Balaban J connectivity index is 1.26. The van der Waals surface area contributed by atoms with Crippen LogP contribution in [-0.4, -0.2) is 0 Å². The number of benzene rings is 8. The van der Waals surface area contributed by atoms with Gasteiger partial charge in [-0.1, -0.05) is 127 Å². The third-order valence-electron chi connectivity index (χ3n) is 9.67. The molecule has 2 nitrogen and oxygen atoms in total. The van der Waals surface area contributed by atoms with Crippen molar-refractivity contribution in [3.05, 3.63) is 176 Å². The van der Waals surface area contributed by atoms with Gasteiger partial charge in [0.15, 0.2) is 0 Å². The van der Waals surface area contributed by atoms with Crippen LogP contribution in [0.2, 0.25) is 0 Å². The maximum atomic E-state index is 6.46. The molecule has 0 saturated carbocycles. The number of para-hydroxylation sites is 1. The van der Waals surface area contributed by atoms with Crippen molar-refractivity contribution in [1.82, 2.24) is 0 Å².